The molecule has 1 N–H and O–H groups in total. The van der Waals surface area contributed by atoms with E-state index in [0.29, 0.717) is 13.1 Å². The van der Waals surface area contributed by atoms with Gasteiger partial charge in [0.25, 0.3) is 0 Å². The zero-order valence-corrected chi connectivity index (χ0v) is 13.7. The summed E-state index contributed by atoms with van der Waals surface area (Å²) >= 11 is 1.73. The van der Waals surface area contributed by atoms with Gasteiger partial charge in [-0.1, -0.05) is 12.1 Å². The van der Waals surface area contributed by atoms with Crippen LogP contribution in [0.3, 0.4) is 0 Å². The van der Waals surface area contributed by atoms with E-state index in [4.69, 9.17) is 0 Å². The predicted molar refractivity (Wildman–Crippen MR) is 86.6 cm³/mol. The number of hydrogen-bond acceptors (Lipinski definition) is 4. The average Bonchev–Trinajstić information content (AvgIpc) is 2.53. The third kappa shape index (κ3) is 2.98. The Balaban J connectivity index is 1.68. The molecule has 1 aromatic rings. The summed E-state index contributed by atoms with van der Waals surface area (Å²) in [6, 6.07) is 7.72. The quantitative estimate of drug-likeness (QED) is 0.843. The first-order valence-corrected chi connectivity index (χ1v) is 8.77. The molecule has 118 valence electrons. The van der Waals surface area contributed by atoms with Crippen molar-refractivity contribution in [3.8, 4) is 0 Å². The summed E-state index contributed by atoms with van der Waals surface area (Å²) in [4.78, 5) is 29.5. The first-order chi connectivity index (χ1) is 10.6. The Morgan fingerprint density at radius 1 is 1.32 bits per heavy atom. The molecule has 2 atom stereocenters. The highest BCUT2D eigenvalue weighted by Gasteiger charge is 2.41. The van der Waals surface area contributed by atoms with Gasteiger partial charge in [-0.3, -0.25) is 14.5 Å². The molecule has 22 heavy (non-hydrogen) atoms. The molecule has 0 aliphatic carbocycles. The second-order valence-electron chi connectivity index (χ2n) is 5.86. The molecule has 5 nitrogen and oxygen atoms in total. The molecule has 2 amide bonds. The standard InChI is InChI=1S/C16H21N3O2S/c1-11-16(21)19-7-6-18(10-14(19)15(20)17-11)9-12-4-3-5-13(8-12)22-2/h3-5,8,11,14H,6-7,9-10H2,1-2H3,(H,17,20)/t11-,14-/m1/s1. The second kappa shape index (κ2) is 6.30. The van der Waals surface area contributed by atoms with Crippen molar-refractivity contribution in [2.45, 2.75) is 30.4 Å². The molecule has 0 radical (unpaired) electrons. The van der Waals surface area contributed by atoms with Crippen molar-refractivity contribution in [2.24, 2.45) is 0 Å². The van der Waals surface area contributed by atoms with Crippen LogP contribution in [0.15, 0.2) is 29.2 Å². The van der Waals surface area contributed by atoms with Gasteiger partial charge in [-0.05, 0) is 30.9 Å². The van der Waals surface area contributed by atoms with Gasteiger partial charge in [-0.25, -0.2) is 0 Å². The fourth-order valence-electron chi connectivity index (χ4n) is 3.12. The largest absolute Gasteiger partial charge is 0.343 e. The van der Waals surface area contributed by atoms with Crippen molar-refractivity contribution in [1.82, 2.24) is 15.1 Å². The maximum Gasteiger partial charge on any atom is 0.245 e. The van der Waals surface area contributed by atoms with E-state index in [1.807, 2.05) is 0 Å². The smallest absolute Gasteiger partial charge is 0.245 e. The Labute approximate surface area is 135 Å². The van der Waals surface area contributed by atoms with Gasteiger partial charge in [0.1, 0.15) is 12.1 Å². The summed E-state index contributed by atoms with van der Waals surface area (Å²) in [6.45, 7) is 4.61. The monoisotopic (exact) mass is 319 g/mol. The number of amides is 2. The molecule has 0 unspecified atom stereocenters. The predicted octanol–water partition coefficient (Wildman–Crippen LogP) is 0.940. The number of rotatable bonds is 3. The molecule has 1 aromatic carbocycles. The molecule has 0 aromatic heterocycles. The number of nitrogens with zero attached hydrogens (tertiary/aromatic N) is 2. The third-order valence-electron chi connectivity index (χ3n) is 4.32. The molecule has 6 heteroatoms. The van der Waals surface area contributed by atoms with Crippen molar-refractivity contribution in [3.05, 3.63) is 29.8 Å². The number of fused-ring (bicyclic) bond motifs is 1. The first-order valence-electron chi connectivity index (χ1n) is 7.54. The van der Waals surface area contributed by atoms with Crippen molar-refractivity contribution in [1.29, 1.82) is 0 Å². The fourth-order valence-corrected chi connectivity index (χ4v) is 3.60. The number of nitrogens with one attached hydrogen (secondary N) is 1. The lowest BCUT2D eigenvalue weighted by Gasteiger charge is -2.44. The molecule has 0 bridgehead atoms. The number of hydrogen-bond donors (Lipinski definition) is 1. The highest BCUT2D eigenvalue weighted by Crippen LogP contribution is 2.20. The minimum atomic E-state index is -0.395. The Morgan fingerprint density at radius 3 is 2.91 bits per heavy atom. The van der Waals surface area contributed by atoms with E-state index in [1.165, 1.54) is 10.5 Å². The second-order valence-corrected chi connectivity index (χ2v) is 6.74. The summed E-state index contributed by atoms with van der Waals surface area (Å²) in [6.07, 6.45) is 2.07. The highest BCUT2D eigenvalue weighted by atomic mass is 32.2. The van der Waals surface area contributed by atoms with Crippen LogP contribution in [0.25, 0.3) is 0 Å². The molecule has 3 rings (SSSR count). The molecule has 2 aliphatic rings. The fraction of sp³-hybridized carbons (Fsp3) is 0.500. The van der Waals surface area contributed by atoms with Gasteiger partial charge in [0, 0.05) is 31.1 Å². The summed E-state index contributed by atoms with van der Waals surface area (Å²) < 4.78 is 0. The molecule has 2 heterocycles. The Hall–Kier alpha value is -1.53. The lowest BCUT2D eigenvalue weighted by atomic mass is 10.0. The minimum Gasteiger partial charge on any atom is -0.343 e. The SMILES string of the molecule is CSc1cccc(CN2CCN3C(=O)[C@@H](C)NC(=O)[C@H]3C2)c1. The van der Waals surface area contributed by atoms with Crippen LogP contribution in [0.1, 0.15) is 12.5 Å². The van der Waals surface area contributed by atoms with Gasteiger partial charge in [0.15, 0.2) is 0 Å². The number of carbonyl (C=O) groups excluding carboxylic acids is 2. The first kappa shape index (κ1) is 15.4. The normalized spacial score (nSPS) is 25.8. The minimum absolute atomic E-state index is 0.0327. The van der Waals surface area contributed by atoms with E-state index >= 15 is 0 Å². The van der Waals surface area contributed by atoms with Gasteiger partial charge < -0.3 is 10.2 Å². The van der Waals surface area contributed by atoms with Crippen LogP contribution < -0.4 is 5.32 Å². The van der Waals surface area contributed by atoms with E-state index in [-0.39, 0.29) is 17.9 Å². The molecular formula is C16H21N3O2S. The average molecular weight is 319 g/mol. The third-order valence-corrected chi connectivity index (χ3v) is 5.05. The van der Waals surface area contributed by atoms with E-state index in [9.17, 15) is 9.59 Å². The van der Waals surface area contributed by atoms with Crippen LogP contribution >= 0.6 is 11.8 Å². The molecule has 2 saturated heterocycles. The Morgan fingerprint density at radius 2 is 2.14 bits per heavy atom. The van der Waals surface area contributed by atoms with E-state index in [0.717, 1.165) is 13.1 Å². The molecule has 0 spiro atoms. The van der Waals surface area contributed by atoms with Crippen molar-refractivity contribution in [2.75, 3.05) is 25.9 Å². The highest BCUT2D eigenvalue weighted by molar-refractivity contribution is 7.98. The van der Waals surface area contributed by atoms with E-state index in [2.05, 4.69) is 40.7 Å². The van der Waals surface area contributed by atoms with Crippen molar-refractivity contribution >= 4 is 23.6 Å². The van der Waals surface area contributed by atoms with Crippen LogP contribution in [-0.2, 0) is 16.1 Å². The number of benzene rings is 1. The molecule has 2 fully saturated rings. The Bertz CT molecular complexity index is 593. The summed E-state index contributed by atoms with van der Waals surface area (Å²) in [5.74, 6) is 0.00305. The van der Waals surface area contributed by atoms with Crippen LogP contribution in [0.2, 0.25) is 0 Å². The van der Waals surface area contributed by atoms with Gasteiger partial charge in [0.2, 0.25) is 11.8 Å². The molecular weight excluding hydrogens is 298 g/mol. The van der Waals surface area contributed by atoms with Crippen LogP contribution in [0.4, 0.5) is 0 Å². The zero-order valence-electron chi connectivity index (χ0n) is 12.9. The maximum atomic E-state index is 12.1. The number of piperazine rings is 2. The lowest BCUT2D eigenvalue weighted by molar-refractivity contribution is -0.152. The zero-order chi connectivity index (χ0) is 15.7. The summed E-state index contributed by atoms with van der Waals surface area (Å²) in [7, 11) is 0. The van der Waals surface area contributed by atoms with Crippen LogP contribution in [0, 0.1) is 0 Å². The Kier molecular flexibility index (Phi) is 4.40. The van der Waals surface area contributed by atoms with Crippen LogP contribution in [0.5, 0.6) is 0 Å². The number of carbonyl (C=O) groups is 2. The summed E-state index contributed by atoms with van der Waals surface area (Å²) in [5.41, 5.74) is 1.25. The van der Waals surface area contributed by atoms with Gasteiger partial charge in [-0.15, -0.1) is 11.8 Å². The number of thioether (sulfide) groups is 1. The molecule has 2 aliphatic heterocycles. The van der Waals surface area contributed by atoms with Gasteiger partial charge >= 0.3 is 0 Å². The summed E-state index contributed by atoms with van der Waals surface area (Å²) in [5, 5.41) is 2.77. The van der Waals surface area contributed by atoms with Gasteiger partial charge in [-0.2, -0.15) is 0 Å². The topological polar surface area (TPSA) is 52.6 Å². The van der Waals surface area contributed by atoms with E-state index in [1.54, 1.807) is 23.6 Å². The lowest BCUT2D eigenvalue weighted by Crippen LogP contribution is -2.68. The maximum absolute atomic E-state index is 12.1. The van der Waals surface area contributed by atoms with Crippen LogP contribution in [-0.4, -0.2) is 59.6 Å². The molecule has 0 saturated carbocycles. The van der Waals surface area contributed by atoms with E-state index < -0.39 is 6.04 Å². The van der Waals surface area contributed by atoms with Gasteiger partial charge in [0.05, 0.1) is 0 Å². The van der Waals surface area contributed by atoms with Crippen molar-refractivity contribution < 1.29 is 9.59 Å². The van der Waals surface area contributed by atoms with Crippen molar-refractivity contribution in [3.63, 3.8) is 0 Å².